The molecule has 0 amide bonds. The third kappa shape index (κ3) is 11.6. The van der Waals surface area contributed by atoms with Crippen molar-refractivity contribution in [2.45, 2.75) is 6.92 Å². The van der Waals surface area contributed by atoms with Gasteiger partial charge in [-0.3, -0.25) is 0 Å². The molecular formula is C7H10O4S. The Balaban J connectivity index is 0. The highest BCUT2D eigenvalue weighted by atomic mass is 32.1. The van der Waals surface area contributed by atoms with E-state index in [-0.39, 0.29) is 5.57 Å². The Kier molecular flexibility index (Phi) is 8.77. The maximum atomic E-state index is 9.76. The van der Waals surface area contributed by atoms with E-state index >= 15 is 0 Å². The molecule has 12 heavy (non-hydrogen) atoms. The van der Waals surface area contributed by atoms with E-state index in [0.717, 1.165) is 6.08 Å². The first-order valence-electron chi connectivity index (χ1n) is 2.82. The molecule has 0 aromatic carbocycles. The zero-order chi connectivity index (χ0) is 10.1. The minimum absolute atomic E-state index is 0.176. The smallest absolute Gasteiger partial charge is 0.341 e. The first-order valence-corrected chi connectivity index (χ1v) is 3.18. The molecule has 0 spiro atoms. The van der Waals surface area contributed by atoms with Crippen molar-refractivity contribution in [3.05, 3.63) is 24.8 Å². The van der Waals surface area contributed by atoms with Crippen LogP contribution < -0.4 is 0 Å². The lowest BCUT2D eigenvalue weighted by atomic mass is 10.4. The van der Waals surface area contributed by atoms with Crippen molar-refractivity contribution in [1.82, 2.24) is 0 Å². The average Bonchev–Trinajstić information content (AvgIpc) is 2.04. The maximum Gasteiger partial charge on any atom is 0.341 e. The van der Waals surface area contributed by atoms with Crippen molar-refractivity contribution in [2.75, 3.05) is 0 Å². The van der Waals surface area contributed by atoms with Gasteiger partial charge in [0.1, 0.15) is 0 Å². The summed E-state index contributed by atoms with van der Waals surface area (Å²) in [5, 5.41) is 7.89. The molecule has 1 N–H and O–H groups in total. The van der Waals surface area contributed by atoms with Crippen LogP contribution >= 0.6 is 12.9 Å². The molecule has 0 aliphatic heterocycles. The molecule has 0 saturated carbocycles. The number of thiol groups is 1. The van der Waals surface area contributed by atoms with E-state index in [1.165, 1.54) is 6.92 Å². The summed E-state index contributed by atoms with van der Waals surface area (Å²) < 4.78 is 3.84. The SMILES string of the molecule is C=C(C)C(=O)O.C=CC(=O)OS. The van der Waals surface area contributed by atoms with Crippen LogP contribution in [0.2, 0.25) is 0 Å². The van der Waals surface area contributed by atoms with Crippen molar-refractivity contribution in [3.8, 4) is 0 Å². The third-order valence-corrected chi connectivity index (χ3v) is 0.802. The molecule has 0 rings (SSSR count). The molecular weight excluding hydrogens is 180 g/mol. The molecule has 0 aromatic rings. The summed E-state index contributed by atoms with van der Waals surface area (Å²) in [6, 6.07) is 0. The van der Waals surface area contributed by atoms with Gasteiger partial charge < -0.3 is 9.29 Å². The second-order valence-corrected chi connectivity index (χ2v) is 1.88. The summed E-state index contributed by atoms with van der Waals surface area (Å²) >= 11 is 3.17. The van der Waals surface area contributed by atoms with Gasteiger partial charge >= 0.3 is 11.9 Å². The Hall–Kier alpha value is -1.23. The first kappa shape index (κ1) is 13.4. The molecule has 0 atom stereocenters. The Morgan fingerprint density at radius 1 is 1.58 bits per heavy atom. The number of carbonyl (C=O) groups is 2. The molecule has 68 valence electrons. The van der Waals surface area contributed by atoms with Gasteiger partial charge in [-0.15, -0.1) is 0 Å². The molecule has 0 heterocycles. The molecule has 5 heteroatoms. The topological polar surface area (TPSA) is 63.6 Å². The van der Waals surface area contributed by atoms with Crippen molar-refractivity contribution >= 4 is 24.8 Å². The largest absolute Gasteiger partial charge is 0.478 e. The minimum Gasteiger partial charge on any atom is -0.478 e. The first-order chi connectivity index (χ1) is 5.45. The Morgan fingerprint density at radius 3 is 1.92 bits per heavy atom. The summed E-state index contributed by atoms with van der Waals surface area (Å²) in [6.07, 6.45) is 1.03. The zero-order valence-corrected chi connectivity index (χ0v) is 7.51. The van der Waals surface area contributed by atoms with Crippen molar-refractivity contribution < 1.29 is 18.9 Å². The summed E-state index contributed by atoms with van der Waals surface area (Å²) in [4.78, 5) is 19.4. The normalized spacial score (nSPS) is 7.17. The van der Waals surface area contributed by atoms with Crippen LogP contribution in [0, 0.1) is 0 Å². The van der Waals surface area contributed by atoms with Crippen molar-refractivity contribution in [1.29, 1.82) is 0 Å². The summed E-state index contributed by atoms with van der Waals surface area (Å²) in [5.74, 6) is -1.46. The van der Waals surface area contributed by atoms with Gasteiger partial charge in [-0.25, -0.2) is 9.59 Å². The summed E-state index contributed by atoms with van der Waals surface area (Å²) in [7, 11) is 0. The van der Waals surface area contributed by atoms with E-state index < -0.39 is 11.9 Å². The highest BCUT2D eigenvalue weighted by Gasteiger charge is 1.90. The Labute approximate surface area is 76.2 Å². The van der Waals surface area contributed by atoms with E-state index in [1.54, 1.807) is 0 Å². The van der Waals surface area contributed by atoms with Gasteiger partial charge in [0, 0.05) is 24.6 Å². The number of carboxylic acid groups (broad SMARTS) is 1. The van der Waals surface area contributed by atoms with Crippen LogP contribution in [0.4, 0.5) is 0 Å². The molecule has 0 aliphatic carbocycles. The fourth-order valence-electron chi connectivity index (χ4n) is 0.0373. The molecule has 0 bridgehead atoms. The standard InChI is InChI=1S/C4H6O2.C3H4O2S/c1-3(2)4(5)6;1-2-3(4)5-6/h1H2,2H3,(H,5,6);2,6H,1H2. The number of hydrogen-bond donors (Lipinski definition) is 2. The second kappa shape index (κ2) is 7.87. The Bertz CT molecular complexity index is 183. The molecule has 0 aliphatic rings. The van der Waals surface area contributed by atoms with Gasteiger partial charge in [0.25, 0.3) is 0 Å². The van der Waals surface area contributed by atoms with Crippen LogP contribution in [0.1, 0.15) is 6.92 Å². The predicted molar refractivity (Wildman–Crippen MR) is 47.7 cm³/mol. The van der Waals surface area contributed by atoms with E-state index in [2.05, 4.69) is 30.3 Å². The maximum absolute atomic E-state index is 9.76. The van der Waals surface area contributed by atoms with E-state index in [4.69, 9.17) is 5.11 Å². The quantitative estimate of drug-likeness (QED) is 0.390. The fraction of sp³-hybridized carbons (Fsp3) is 0.143. The van der Waals surface area contributed by atoms with E-state index in [0.29, 0.717) is 0 Å². The van der Waals surface area contributed by atoms with Gasteiger partial charge in [-0.2, -0.15) is 0 Å². The lowest BCUT2D eigenvalue weighted by Gasteiger charge is -1.80. The lowest BCUT2D eigenvalue weighted by molar-refractivity contribution is -0.132. The molecule has 0 saturated heterocycles. The zero-order valence-electron chi connectivity index (χ0n) is 6.61. The number of carbonyl (C=O) groups excluding carboxylic acids is 1. The lowest BCUT2D eigenvalue weighted by Crippen LogP contribution is -1.92. The minimum atomic E-state index is -0.935. The number of hydrogen-bond acceptors (Lipinski definition) is 4. The van der Waals surface area contributed by atoms with Crippen molar-refractivity contribution in [3.63, 3.8) is 0 Å². The molecule has 0 unspecified atom stereocenters. The van der Waals surface area contributed by atoms with Crippen LogP contribution in [0.5, 0.6) is 0 Å². The molecule has 0 radical (unpaired) electrons. The number of carboxylic acids is 1. The van der Waals surface area contributed by atoms with Gasteiger partial charge in [0.15, 0.2) is 0 Å². The highest BCUT2D eigenvalue weighted by molar-refractivity contribution is 7.75. The van der Waals surface area contributed by atoms with Crippen LogP contribution in [-0.2, 0) is 13.8 Å². The van der Waals surface area contributed by atoms with Crippen molar-refractivity contribution in [2.24, 2.45) is 0 Å². The monoisotopic (exact) mass is 190 g/mol. The number of rotatable bonds is 2. The second-order valence-electron chi connectivity index (χ2n) is 1.70. The van der Waals surface area contributed by atoms with E-state index in [1.807, 2.05) is 0 Å². The van der Waals surface area contributed by atoms with Gasteiger partial charge in [0.05, 0.1) is 0 Å². The van der Waals surface area contributed by atoms with Gasteiger partial charge in [0.2, 0.25) is 0 Å². The third-order valence-electron chi connectivity index (χ3n) is 0.622. The number of aliphatic carboxylic acids is 1. The predicted octanol–water partition coefficient (Wildman–Crippen LogP) is 1.21. The molecule has 0 aromatic heterocycles. The van der Waals surface area contributed by atoms with Crippen LogP contribution in [-0.4, -0.2) is 17.0 Å². The summed E-state index contributed by atoms with van der Waals surface area (Å²) in [6.45, 7) is 7.71. The fourth-order valence-corrected chi connectivity index (χ4v) is 0.112. The van der Waals surface area contributed by atoms with Crippen LogP contribution in [0.15, 0.2) is 24.8 Å². The van der Waals surface area contributed by atoms with E-state index in [9.17, 15) is 9.59 Å². The van der Waals surface area contributed by atoms with Gasteiger partial charge in [-0.1, -0.05) is 13.2 Å². The van der Waals surface area contributed by atoms with Crippen LogP contribution in [0.3, 0.4) is 0 Å². The van der Waals surface area contributed by atoms with Gasteiger partial charge in [-0.05, 0) is 6.92 Å². The average molecular weight is 190 g/mol. The summed E-state index contributed by atoms with van der Waals surface area (Å²) in [5.41, 5.74) is 0.176. The Morgan fingerprint density at radius 2 is 1.92 bits per heavy atom. The highest BCUT2D eigenvalue weighted by Crippen LogP contribution is 1.81. The molecule has 0 fully saturated rings. The van der Waals surface area contributed by atoms with Crippen LogP contribution in [0.25, 0.3) is 0 Å². The molecule has 4 nitrogen and oxygen atoms in total.